The number of hydrogen-bond acceptors (Lipinski definition) is 5. The predicted octanol–water partition coefficient (Wildman–Crippen LogP) is 5.57. The molecule has 2 aromatic rings. The Morgan fingerprint density at radius 1 is 1.25 bits per heavy atom. The number of pyridine rings is 1. The molecule has 0 spiro atoms. The number of halogens is 1. The highest BCUT2D eigenvalue weighted by Crippen LogP contribution is 2.54. The Balaban J connectivity index is 1.26. The number of ether oxygens (including phenoxy) is 1. The van der Waals surface area contributed by atoms with Crippen molar-refractivity contribution in [2.75, 3.05) is 44.8 Å². The zero-order valence-corrected chi connectivity index (χ0v) is 24.0. The highest BCUT2D eigenvalue weighted by atomic mass is 19.1. The summed E-state index contributed by atoms with van der Waals surface area (Å²) in [5.74, 6) is 0.774. The number of morpholine rings is 1. The van der Waals surface area contributed by atoms with E-state index in [1.807, 2.05) is 36.1 Å². The highest BCUT2D eigenvalue weighted by molar-refractivity contribution is 5.95. The molecule has 1 unspecified atom stereocenters. The Hall–Kier alpha value is -3.10. The second-order valence-corrected chi connectivity index (χ2v) is 11.3. The van der Waals surface area contributed by atoms with E-state index in [2.05, 4.69) is 52.5 Å². The number of hydrogen-bond donors (Lipinski definition) is 1. The van der Waals surface area contributed by atoms with Crippen molar-refractivity contribution in [1.29, 1.82) is 0 Å². The van der Waals surface area contributed by atoms with Gasteiger partial charge >= 0.3 is 0 Å². The lowest BCUT2D eigenvalue weighted by atomic mass is 9.91. The molecule has 5 rings (SSSR count). The molecule has 3 atom stereocenters. The van der Waals surface area contributed by atoms with Crippen LogP contribution in [0.5, 0.6) is 0 Å². The predicted molar refractivity (Wildman–Crippen MR) is 157 cm³/mol. The molecule has 0 radical (unpaired) electrons. The molecule has 40 heavy (non-hydrogen) atoms. The molecular weight excluding hydrogens is 505 g/mol. The average Bonchev–Trinajstić information content (AvgIpc) is 3.41. The standard InChI is InChI=1S/C32H42FN5O2/c1-4-7-24-19-34-29(17-25(24)16-26(18-33)28-9-6-5-8-22(28)2)36-32(39)31-23(3)30(31)27-20-35-38(21-27)11-10-37-12-14-40-15-13-37/h5,8,16-17,19-21,23,30-31H,4,6-7,9-15,18H2,1-3H3,(H,34,36,39)/b26-16+/t23-,30?,31+/m0/s1. The molecule has 0 aromatic carbocycles. The molecule has 1 saturated carbocycles. The number of anilines is 1. The lowest BCUT2D eigenvalue weighted by Crippen LogP contribution is -2.38. The van der Waals surface area contributed by atoms with Crippen LogP contribution in [0.1, 0.15) is 62.6 Å². The third-order valence-corrected chi connectivity index (χ3v) is 8.53. The van der Waals surface area contributed by atoms with Crippen molar-refractivity contribution in [3.05, 3.63) is 70.2 Å². The topological polar surface area (TPSA) is 72.3 Å². The lowest BCUT2D eigenvalue weighted by molar-refractivity contribution is -0.117. The summed E-state index contributed by atoms with van der Waals surface area (Å²) in [6.45, 7) is 11.1. The fourth-order valence-electron chi connectivity index (χ4n) is 6.10. The number of carbonyl (C=O) groups is 1. The first-order chi connectivity index (χ1) is 19.5. The molecule has 2 aromatic heterocycles. The molecule has 1 amide bonds. The molecule has 1 aliphatic heterocycles. The van der Waals surface area contributed by atoms with E-state index in [1.165, 1.54) is 0 Å². The SMILES string of the molecule is CCCc1cnc(NC(=O)[C@H]2C(c3cnn(CCN4CCOCC4)c3)[C@@H]2C)cc1/C=C(\CF)C1=C(C)C=CCC1. The van der Waals surface area contributed by atoms with Crippen molar-refractivity contribution in [1.82, 2.24) is 19.7 Å². The van der Waals surface area contributed by atoms with Crippen molar-refractivity contribution >= 4 is 17.8 Å². The first-order valence-corrected chi connectivity index (χ1v) is 14.7. The third kappa shape index (κ3) is 6.61. The maximum atomic E-state index is 14.2. The number of rotatable bonds is 11. The van der Waals surface area contributed by atoms with Crippen LogP contribution in [0.3, 0.4) is 0 Å². The summed E-state index contributed by atoms with van der Waals surface area (Å²) in [5, 5.41) is 7.62. The van der Waals surface area contributed by atoms with E-state index in [0.29, 0.717) is 11.4 Å². The van der Waals surface area contributed by atoms with Gasteiger partial charge in [0.15, 0.2) is 0 Å². The minimum atomic E-state index is -0.516. The maximum Gasteiger partial charge on any atom is 0.229 e. The molecule has 1 saturated heterocycles. The van der Waals surface area contributed by atoms with Crippen LogP contribution in [0, 0.1) is 11.8 Å². The summed E-state index contributed by atoms with van der Waals surface area (Å²) in [6, 6.07) is 1.90. The zero-order chi connectivity index (χ0) is 28.1. The van der Waals surface area contributed by atoms with Gasteiger partial charge in [-0.05, 0) is 77.7 Å². The summed E-state index contributed by atoms with van der Waals surface area (Å²) in [4.78, 5) is 20.3. The van der Waals surface area contributed by atoms with Gasteiger partial charge < -0.3 is 10.1 Å². The maximum absolute atomic E-state index is 14.2. The van der Waals surface area contributed by atoms with Gasteiger partial charge in [-0.2, -0.15) is 5.10 Å². The van der Waals surface area contributed by atoms with E-state index in [1.54, 1.807) is 0 Å². The minimum absolute atomic E-state index is 0.0223. The Morgan fingerprint density at radius 3 is 2.83 bits per heavy atom. The normalized spacial score (nSPS) is 23.5. The van der Waals surface area contributed by atoms with Gasteiger partial charge in [-0.15, -0.1) is 0 Å². The Morgan fingerprint density at radius 2 is 2.08 bits per heavy atom. The van der Waals surface area contributed by atoms with E-state index in [4.69, 9.17) is 4.74 Å². The molecule has 8 heteroatoms. The van der Waals surface area contributed by atoms with E-state index in [9.17, 15) is 9.18 Å². The molecular formula is C32H42FN5O2. The fraction of sp³-hybridized carbons (Fsp3) is 0.531. The Labute approximate surface area is 237 Å². The second-order valence-electron chi connectivity index (χ2n) is 11.3. The third-order valence-electron chi connectivity index (χ3n) is 8.53. The molecule has 2 fully saturated rings. The van der Waals surface area contributed by atoms with Crippen LogP contribution < -0.4 is 5.32 Å². The van der Waals surface area contributed by atoms with Crippen LogP contribution in [0.15, 0.2) is 53.5 Å². The van der Waals surface area contributed by atoms with Crippen molar-refractivity contribution < 1.29 is 13.9 Å². The van der Waals surface area contributed by atoms with Crippen LogP contribution in [-0.4, -0.2) is 65.1 Å². The van der Waals surface area contributed by atoms with Gasteiger partial charge in [-0.1, -0.05) is 32.4 Å². The number of allylic oxidation sites excluding steroid dienone is 5. The molecule has 7 nitrogen and oxygen atoms in total. The van der Waals surface area contributed by atoms with Gasteiger partial charge in [0.2, 0.25) is 5.91 Å². The summed E-state index contributed by atoms with van der Waals surface area (Å²) < 4.78 is 21.6. The molecule has 2 aliphatic carbocycles. The quantitative estimate of drug-likeness (QED) is 0.398. The van der Waals surface area contributed by atoms with E-state index >= 15 is 0 Å². The van der Waals surface area contributed by atoms with E-state index in [0.717, 1.165) is 92.9 Å². The van der Waals surface area contributed by atoms with Crippen molar-refractivity contribution in [3.8, 4) is 0 Å². The minimum Gasteiger partial charge on any atom is -0.379 e. The Bertz CT molecular complexity index is 1290. The smallest absolute Gasteiger partial charge is 0.229 e. The monoisotopic (exact) mass is 547 g/mol. The van der Waals surface area contributed by atoms with Gasteiger partial charge in [0.1, 0.15) is 12.5 Å². The number of nitrogens with zero attached hydrogens (tertiary/aromatic N) is 4. The molecule has 214 valence electrons. The molecule has 3 heterocycles. The van der Waals surface area contributed by atoms with Gasteiger partial charge in [-0.3, -0.25) is 14.4 Å². The highest BCUT2D eigenvalue weighted by Gasteiger charge is 2.53. The van der Waals surface area contributed by atoms with Gasteiger partial charge in [0.25, 0.3) is 0 Å². The van der Waals surface area contributed by atoms with Crippen molar-refractivity contribution in [2.24, 2.45) is 11.8 Å². The van der Waals surface area contributed by atoms with Crippen LogP contribution in [0.4, 0.5) is 10.2 Å². The summed E-state index contributed by atoms with van der Waals surface area (Å²) in [5.41, 5.74) is 6.02. The largest absolute Gasteiger partial charge is 0.379 e. The van der Waals surface area contributed by atoms with Gasteiger partial charge in [0, 0.05) is 43.9 Å². The molecule has 3 aliphatic rings. The molecule has 0 bridgehead atoms. The number of aryl methyl sites for hydroxylation is 1. The van der Waals surface area contributed by atoms with Gasteiger partial charge in [-0.25, -0.2) is 9.37 Å². The van der Waals surface area contributed by atoms with Crippen LogP contribution in [0.2, 0.25) is 0 Å². The van der Waals surface area contributed by atoms with Crippen LogP contribution in [-0.2, 0) is 22.5 Å². The van der Waals surface area contributed by atoms with Gasteiger partial charge in [0.05, 0.1) is 26.0 Å². The fourth-order valence-corrected chi connectivity index (χ4v) is 6.10. The summed E-state index contributed by atoms with van der Waals surface area (Å²) in [6.07, 6.45) is 15.6. The first-order valence-electron chi connectivity index (χ1n) is 14.7. The van der Waals surface area contributed by atoms with Crippen molar-refractivity contribution in [2.45, 2.75) is 58.9 Å². The Kier molecular flexibility index (Phi) is 9.27. The van der Waals surface area contributed by atoms with Crippen molar-refractivity contribution in [3.63, 3.8) is 0 Å². The number of nitrogens with one attached hydrogen (secondary N) is 1. The van der Waals surface area contributed by atoms with E-state index < -0.39 is 6.67 Å². The van der Waals surface area contributed by atoms with Crippen LogP contribution >= 0.6 is 0 Å². The molecule has 1 N–H and O–H groups in total. The number of alkyl halides is 1. The first kappa shape index (κ1) is 28.4. The number of carbonyl (C=O) groups excluding carboxylic acids is 1. The number of amides is 1. The summed E-state index contributed by atoms with van der Waals surface area (Å²) >= 11 is 0. The van der Waals surface area contributed by atoms with Crippen LogP contribution in [0.25, 0.3) is 6.08 Å². The zero-order valence-electron chi connectivity index (χ0n) is 24.0. The summed E-state index contributed by atoms with van der Waals surface area (Å²) in [7, 11) is 0. The average molecular weight is 548 g/mol. The number of aromatic nitrogens is 3. The van der Waals surface area contributed by atoms with E-state index in [-0.39, 0.29) is 23.7 Å². The lowest BCUT2D eigenvalue weighted by Gasteiger charge is -2.26. The second kappa shape index (κ2) is 13.0.